The van der Waals surface area contributed by atoms with Crippen LogP contribution in [0.4, 0.5) is 22.0 Å². The number of nitrogens with one attached hydrogen (secondary N) is 3. The van der Waals surface area contributed by atoms with E-state index in [1.807, 2.05) is 0 Å². The van der Waals surface area contributed by atoms with E-state index in [1.165, 1.54) is 6.07 Å². The Morgan fingerprint density at radius 2 is 1.64 bits per heavy atom. The van der Waals surface area contributed by atoms with E-state index in [4.69, 9.17) is 4.42 Å². The first-order valence-corrected chi connectivity index (χ1v) is 11.1. The maximum absolute atomic E-state index is 14.3. The molecule has 2 aromatic carbocycles. The fourth-order valence-corrected chi connectivity index (χ4v) is 3.77. The average Bonchev–Trinajstić information content (AvgIpc) is 3.46. The molecule has 0 saturated heterocycles. The summed E-state index contributed by atoms with van der Waals surface area (Å²) in [5.74, 6) is -4.72. The van der Waals surface area contributed by atoms with E-state index >= 15 is 0 Å². The van der Waals surface area contributed by atoms with E-state index in [0.29, 0.717) is 28.8 Å². The molecule has 0 unspecified atom stereocenters. The van der Waals surface area contributed by atoms with Crippen molar-refractivity contribution in [3.05, 3.63) is 98.9 Å². The molecule has 10 nitrogen and oxygen atoms in total. The molecule has 15 heteroatoms. The smallest absolute Gasteiger partial charge is 0.408 e. The number of nitrogens with zero attached hydrogens (tertiary/aromatic N) is 3. The van der Waals surface area contributed by atoms with Crippen LogP contribution in [0.15, 0.2) is 57.9 Å². The minimum atomic E-state index is -4.93. The Hall–Kier alpha value is -5.08. The number of oxazole rings is 1. The molecule has 0 spiro atoms. The van der Waals surface area contributed by atoms with Gasteiger partial charge < -0.3 is 15.1 Å². The predicted octanol–water partition coefficient (Wildman–Crippen LogP) is 3.32. The molecule has 0 aliphatic carbocycles. The van der Waals surface area contributed by atoms with Crippen molar-refractivity contribution in [3.8, 4) is 0 Å². The summed E-state index contributed by atoms with van der Waals surface area (Å²) < 4.78 is 72.6. The first-order chi connectivity index (χ1) is 18.5. The predicted molar refractivity (Wildman–Crippen MR) is 124 cm³/mol. The third-order valence-electron chi connectivity index (χ3n) is 5.62. The number of aromatic amines is 1. The van der Waals surface area contributed by atoms with E-state index < -0.39 is 53.1 Å². The Morgan fingerprint density at radius 3 is 2.38 bits per heavy atom. The minimum absolute atomic E-state index is 0.0236. The van der Waals surface area contributed by atoms with Crippen LogP contribution in [0.25, 0.3) is 16.7 Å². The topological polar surface area (TPSA) is 134 Å². The van der Waals surface area contributed by atoms with Gasteiger partial charge in [0.25, 0.3) is 11.8 Å². The van der Waals surface area contributed by atoms with Gasteiger partial charge in [0.15, 0.2) is 17.0 Å². The van der Waals surface area contributed by atoms with Crippen molar-refractivity contribution in [2.24, 2.45) is 0 Å². The van der Waals surface area contributed by atoms with Crippen LogP contribution in [0.5, 0.6) is 0 Å². The molecule has 3 heterocycles. The van der Waals surface area contributed by atoms with Gasteiger partial charge >= 0.3 is 11.9 Å². The van der Waals surface area contributed by atoms with E-state index in [0.717, 1.165) is 22.8 Å². The summed E-state index contributed by atoms with van der Waals surface area (Å²) in [6.07, 6.45) is -4.16. The molecule has 0 aliphatic heterocycles. The number of benzene rings is 2. The van der Waals surface area contributed by atoms with Crippen molar-refractivity contribution in [2.45, 2.75) is 19.3 Å². The number of alkyl halides is 3. The normalized spacial score (nSPS) is 11.7. The summed E-state index contributed by atoms with van der Waals surface area (Å²) in [5, 5.41) is 8.64. The second kappa shape index (κ2) is 9.66. The molecule has 3 N–H and O–H groups in total. The fourth-order valence-electron chi connectivity index (χ4n) is 3.77. The summed E-state index contributed by atoms with van der Waals surface area (Å²) in [6.45, 7) is -0.458. The summed E-state index contributed by atoms with van der Waals surface area (Å²) in [4.78, 5) is 43.4. The van der Waals surface area contributed by atoms with Crippen molar-refractivity contribution in [1.29, 1.82) is 0 Å². The lowest BCUT2D eigenvalue weighted by atomic mass is 10.1. The van der Waals surface area contributed by atoms with Gasteiger partial charge in [-0.05, 0) is 35.4 Å². The number of H-pyrrole nitrogens is 1. The van der Waals surface area contributed by atoms with Crippen LogP contribution in [-0.4, -0.2) is 31.4 Å². The van der Waals surface area contributed by atoms with Gasteiger partial charge in [-0.25, -0.2) is 23.1 Å². The lowest BCUT2D eigenvalue weighted by Gasteiger charge is -2.12. The molecule has 0 aliphatic rings. The first kappa shape index (κ1) is 25.6. The number of hydrogen-bond acceptors (Lipinski definition) is 6. The SMILES string of the molecule is O=C(NCc1ccc2oc(=O)[nH]c2c1)c1cc(C(=O)NCc2ccc(F)c(C(F)(F)F)c2)n2ncc(F)c2n1. The molecule has 2 amide bonds. The molecule has 0 atom stereocenters. The second-order valence-electron chi connectivity index (χ2n) is 8.28. The zero-order valence-electron chi connectivity index (χ0n) is 19.4. The molecule has 0 bridgehead atoms. The molecule has 0 fully saturated rings. The second-order valence-corrected chi connectivity index (χ2v) is 8.28. The highest BCUT2D eigenvalue weighted by Gasteiger charge is 2.34. The van der Waals surface area contributed by atoms with Gasteiger partial charge in [-0.15, -0.1) is 0 Å². The highest BCUT2D eigenvalue weighted by atomic mass is 19.4. The standard InChI is InChI=1S/C24H15F5N6O4/c25-14-3-1-11(5-13(14)24(27,28)29)8-31-22(37)18-7-17(33-20-15(26)10-32-35(18)20)21(36)30-9-12-2-4-19-16(6-12)34-23(38)39-19/h1-7,10H,8-9H2,(H,30,36)(H,31,37)(H,34,38). The van der Waals surface area contributed by atoms with Crippen molar-refractivity contribution in [2.75, 3.05) is 0 Å². The van der Waals surface area contributed by atoms with Crippen molar-refractivity contribution < 1.29 is 36.0 Å². The summed E-state index contributed by atoms with van der Waals surface area (Å²) in [6, 6.07) is 7.99. The Kier molecular flexibility index (Phi) is 6.33. The molecular formula is C24H15F5N6O4. The lowest BCUT2D eigenvalue weighted by molar-refractivity contribution is -0.140. The van der Waals surface area contributed by atoms with E-state index in [2.05, 4.69) is 25.7 Å². The van der Waals surface area contributed by atoms with Crippen LogP contribution < -0.4 is 16.4 Å². The third-order valence-corrected chi connectivity index (χ3v) is 5.62. The zero-order chi connectivity index (χ0) is 27.9. The highest BCUT2D eigenvalue weighted by Crippen LogP contribution is 2.31. The van der Waals surface area contributed by atoms with E-state index in [1.54, 1.807) is 12.1 Å². The van der Waals surface area contributed by atoms with E-state index in [9.17, 15) is 36.3 Å². The van der Waals surface area contributed by atoms with Crippen molar-refractivity contribution in [1.82, 2.24) is 30.2 Å². The van der Waals surface area contributed by atoms with Gasteiger partial charge in [0, 0.05) is 19.2 Å². The molecule has 39 heavy (non-hydrogen) atoms. The number of amides is 2. The molecule has 5 aromatic rings. The zero-order valence-corrected chi connectivity index (χ0v) is 19.4. The summed E-state index contributed by atoms with van der Waals surface area (Å²) in [5.41, 5.74) is -1.34. The number of rotatable bonds is 6. The fraction of sp³-hybridized carbons (Fsp3) is 0.125. The van der Waals surface area contributed by atoms with Crippen LogP contribution in [0.1, 0.15) is 37.7 Å². The molecule has 200 valence electrons. The summed E-state index contributed by atoms with van der Waals surface area (Å²) >= 11 is 0. The Balaban J connectivity index is 1.36. The molecule has 5 rings (SSSR count). The number of halogens is 5. The van der Waals surface area contributed by atoms with Gasteiger partial charge in [0.1, 0.15) is 17.2 Å². The minimum Gasteiger partial charge on any atom is -0.408 e. The maximum Gasteiger partial charge on any atom is 0.419 e. The summed E-state index contributed by atoms with van der Waals surface area (Å²) in [7, 11) is 0. The van der Waals surface area contributed by atoms with Gasteiger partial charge in [0.2, 0.25) is 0 Å². The Bertz CT molecular complexity index is 1810. The molecule has 0 radical (unpaired) electrons. The van der Waals surface area contributed by atoms with Crippen molar-refractivity contribution in [3.63, 3.8) is 0 Å². The highest BCUT2D eigenvalue weighted by molar-refractivity contribution is 5.98. The van der Waals surface area contributed by atoms with Gasteiger partial charge in [-0.3, -0.25) is 14.6 Å². The number of fused-ring (bicyclic) bond motifs is 2. The van der Waals surface area contributed by atoms with Gasteiger partial charge in [0.05, 0.1) is 17.3 Å². The maximum atomic E-state index is 14.3. The van der Waals surface area contributed by atoms with Gasteiger partial charge in [-0.2, -0.15) is 18.3 Å². The monoisotopic (exact) mass is 546 g/mol. The molecule has 3 aromatic heterocycles. The number of carbonyl (C=O) groups excluding carboxylic acids is 2. The van der Waals surface area contributed by atoms with Crippen LogP contribution in [0.3, 0.4) is 0 Å². The van der Waals surface area contributed by atoms with Crippen LogP contribution in [0, 0.1) is 11.6 Å². The van der Waals surface area contributed by atoms with Crippen LogP contribution in [0.2, 0.25) is 0 Å². The first-order valence-electron chi connectivity index (χ1n) is 11.1. The van der Waals surface area contributed by atoms with Gasteiger partial charge in [-0.1, -0.05) is 12.1 Å². The van der Waals surface area contributed by atoms with E-state index in [-0.39, 0.29) is 23.5 Å². The molecule has 0 saturated carbocycles. The number of carbonyl (C=O) groups is 2. The largest absolute Gasteiger partial charge is 0.419 e. The average molecular weight is 546 g/mol. The Labute approximate surface area is 213 Å². The lowest BCUT2D eigenvalue weighted by Crippen LogP contribution is -2.28. The number of hydrogen-bond donors (Lipinski definition) is 3. The van der Waals surface area contributed by atoms with Crippen LogP contribution in [-0.2, 0) is 19.3 Å². The number of aromatic nitrogens is 4. The van der Waals surface area contributed by atoms with Crippen LogP contribution >= 0.6 is 0 Å². The third kappa shape index (κ3) is 5.18. The van der Waals surface area contributed by atoms with Crippen molar-refractivity contribution >= 4 is 28.6 Å². The molecular weight excluding hydrogens is 531 g/mol. The quantitative estimate of drug-likeness (QED) is 0.280. The Morgan fingerprint density at radius 1 is 0.949 bits per heavy atom.